The Kier molecular flexibility index (Phi) is 8.27. The van der Waals surface area contributed by atoms with Gasteiger partial charge in [0.15, 0.2) is 10.9 Å². The quantitative estimate of drug-likeness (QED) is 0.169. The average molecular weight is 590 g/mol. The van der Waals surface area contributed by atoms with Crippen LogP contribution in [-0.4, -0.2) is 52.9 Å². The molecule has 0 unspecified atom stereocenters. The molecule has 1 fully saturated rings. The van der Waals surface area contributed by atoms with Gasteiger partial charge < -0.3 is 19.5 Å². The van der Waals surface area contributed by atoms with Crippen LogP contribution in [0, 0.1) is 10.1 Å². The van der Waals surface area contributed by atoms with E-state index in [4.69, 9.17) is 28.2 Å². The van der Waals surface area contributed by atoms with Gasteiger partial charge in [0.25, 0.3) is 17.5 Å². The summed E-state index contributed by atoms with van der Waals surface area (Å²) in [5.74, 6) is -0.467. The third-order valence-electron chi connectivity index (χ3n) is 6.56. The van der Waals surface area contributed by atoms with Crippen LogP contribution in [0.15, 0.2) is 89.3 Å². The van der Waals surface area contributed by atoms with Gasteiger partial charge in [0.2, 0.25) is 0 Å². The molecule has 2 amide bonds. The molecule has 0 spiro atoms. The summed E-state index contributed by atoms with van der Waals surface area (Å²) in [6.45, 7) is 2.42. The van der Waals surface area contributed by atoms with Crippen LogP contribution >= 0.6 is 23.8 Å². The Morgan fingerprint density at radius 3 is 2.34 bits per heavy atom. The molecule has 12 heteroatoms. The topological polar surface area (TPSA) is 121 Å². The molecule has 0 aliphatic carbocycles. The molecule has 1 saturated heterocycles. The first-order chi connectivity index (χ1) is 19.8. The van der Waals surface area contributed by atoms with Crippen molar-refractivity contribution in [1.82, 2.24) is 10.2 Å². The fraction of sp³-hybridized carbons (Fsp3) is 0.138. The maximum atomic E-state index is 12.7. The van der Waals surface area contributed by atoms with Gasteiger partial charge >= 0.3 is 0 Å². The minimum atomic E-state index is -0.613. The Balaban J connectivity index is 1.16. The third-order valence-corrected chi connectivity index (χ3v) is 7.06. The molecule has 208 valence electrons. The largest absolute Gasteiger partial charge is 0.451 e. The lowest BCUT2D eigenvalue weighted by Crippen LogP contribution is -2.48. The van der Waals surface area contributed by atoms with Gasteiger partial charge in [-0.25, -0.2) is 0 Å². The molecule has 4 aromatic rings. The minimum Gasteiger partial charge on any atom is -0.451 e. The zero-order valence-corrected chi connectivity index (χ0v) is 23.2. The number of nitro groups is 1. The number of para-hydroxylation sites is 1. The number of hydrogen-bond acceptors (Lipinski definition) is 7. The average Bonchev–Trinajstić information content (AvgIpc) is 3.48. The maximum Gasteiger partial charge on any atom is 0.293 e. The lowest BCUT2D eigenvalue weighted by Gasteiger charge is -2.36. The summed E-state index contributed by atoms with van der Waals surface area (Å²) in [6, 6.07) is 23.6. The summed E-state index contributed by atoms with van der Waals surface area (Å²) in [4.78, 5) is 40.1. The number of benzene rings is 3. The molecule has 1 aromatic heterocycles. The summed E-state index contributed by atoms with van der Waals surface area (Å²) in [5, 5.41) is 17.3. The van der Waals surface area contributed by atoms with E-state index >= 15 is 0 Å². The van der Waals surface area contributed by atoms with Gasteiger partial charge in [0, 0.05) is 43.5 Å². The van der Waals surface area contributed by atoms with E-state index < -0.39 is 10.8 Å². The highest BCUT2D eigenvalue weighted by Crippen LogP contribution is 2.31. The molecule has 2 heterocycles. The van der Waals surface area contributed by atoms with Crippen molar-refractivity contribution in [2.45, 2.75) is 0 Å². The Hall–Kier alpha value is -4.74. The van der Waals surface area contributed by atoms with Crippen LogP contribution in [0.4, 0.5) is 17.1 Å². The zero-order chi connectivity index (χ0) is 28.9. The predicted octanol–water partition coefficient (Wildman–Crippen LogP) is 5.60. The van der Waals surface area contributed by atoms with Gasteiger partial charge in [-0.3, -0.25) is 25.0 Å². The summed E-state index contributed by atoms with van der Waals surface area (Å²) in [5.41, 5.74) is 2.20. The van der Waals surface area contributed by atoms with Crippen molar-refractivity contribution in [3.8, 4) is 11.3 Å². The fourth-order valence-corrected chi connectivity index (χ4v) is 5.04. The molecule has 41 heavy (non-hydrogen) atoms. The van der Waals surface area contributed by atoms with Crippen molar-refractivity contribution in [2.24, 2.45) is 0 Å². The van der Waals surface area contributed by atoms with Crippen molar-refractivity contribution in [2.75, 3.05) is 36.4 Å². The molecule has 3 aromatic carbocycles. The predicted molar refractivity (Wildman–Crippen MR) is 160 cm³/mol. The van der Waals surface area contributed by atoms with Crippen molar-refractivity contribution in [3.05, 3.63) is 111 Å². The summed E-state index contributed by atoms with van der Waals surface area (Å²) < 4.78 is 5.57. The van der Waals surface area contributed by atoms with Crippen molar-refractivity contribution >= 4 is 57.8 Å². The number of nitrogens with one attached hydrogen (secondary N) is 2. The van der Waals surface area contributed by atoms with E-state index in [1.54, 1.807) is 30.3 Å². The monoisotopic (exact) mass is 589 g/mol. The number of thiocarbonyl (C=S) groups is 1. The van der Waals surface area contributed by atoms with Gasteiger partial charge in [-0.05, 0) is 60.7 Å². The number of nitrogens with zero attached hydrogens (tertiary/aromatic N) is 3. The number of piperazine rings is 1. The number of halogens is 1. The van der Waals surface area contributed by atoms with E-state index in [1.807, 2.05) is 41.3 Å². The Morgan fingerprint density at radius 1 is 0.927 bits per heavy atom. The molecular formula is C29H24ClN5O5S. The normalized spacial score (nSPS) is 13.0. The highest BCUT2D eigenvalue weighted by molar-refractivity contribution is 7.80. The lowest BCUT2D eigenvalue weighted by molar-refractivity contribution is -0.384. The van der Waals surface area contributed by atoms with Crippen LogP contribution in [-0.2, 0) is 0 Å². The van der Waals surface area contributed by atoms with Crippen molar-refractivity contribution < 1.29 is 18.9 Å². The Labute approximate surface area is 245 Å². The third kappa shape index (κ3) is 6.37. The van der Waals surface area contributed by atoms with E-state index in [0.717, 1.165) is 5.69 Å². The van der Waals surface area contributed by atoms with E-state index in [1.165, 1.54) is 18.2 Å². The van der Waals surface area contributed by atoms with Gasteiger partial charge in [-0.1, -0.05) is 41.9 Å². The zero-order valence-electron chi connectivity index (χ0n) is 21.6. The molecule has 0 atom stereocenters. The van der Waals surface area contributed by atoms with Gasteiger partial charge in [-0.15, -0.1) is 0 Å². The number of carbonyl (C=O) groups excluding carboxylic acids is 2. The first-order valence-corrected chi connectivity index (χ1v) is 13.4. The van der Waals surface area contributed by atoms with Gasteiger partial charge in [-0.2, -0.15) is 0 Å². The van der Waals surface area contributed by atoms with E-state index in [0.29, 0.717) is 42.5 Å². The van der Waals surface area contributed by atoms with E-state index in [-0.39, 0.29) is 33.8 Å². The highest BCUT2D eigenvalue weighted by atomic mass is 35.5. The second-order valence-corrected chi connectivity index (χ2v) is 9.97. The first kappa shape index (κ1) is 27.8. The molecule has 0 bridgehead atoms. The van der Waals surface area contributed by atoms with Crippen LogP contribution in [0.2, 0.25) is 5.02 Å². The van der Waals surface area contributed by atoms with E-state index in [2.05, 4.69) is 15.5 Å². The summed E-state index contributed by atoms with van der Waals surface area (Å²) in [6.07, 6.45) is 0. The van der Waals surface area contributed by atoms with Crippen LogP contribution in [0.3, 0.4) is 0 Å². The number of hydrogen-bond donors (Lipinski definition) is 2. The standard InChI is InChI=1S/C29H24ClN5O5S/c30-22-18-20(10-11-24(22)33-14-16-34(17-15-33)28(37)19-6-2-1-3-7-19)31-29(41)32-27(36)26-13-12-25(40-26)21-8-4-5-9-23(21)35(38)39/h1-13,18H,14-17H2,(H2,31,32,36,41). The second-order valence-electron chi connectivity index (χ2n) is 9.16. The SMILES string of the molecule is O=C(NC(=S)Nc1ccc(N2CCN(C(=O)c3ccccc3)CC2)c(Cl)c1)c1ccc(-c2ccccc2[N+](=O)[O-])o1. The number of anilines is 2. The van der Waals surface area contributed by atoms with Crippen LogP contribution in [0.1, 0.15) is 20.9 Å². The lowest BCUT2D eigenvalue weighted by atomic mass is 10.1. The molecular weight excluding hydrogens is 566 g/mol. The van der Waals surface area contributed by atoms with Crippen LogP contribution in [0.5, 0.6) is 0 Å². The number of rotatable bonds is 6. The second kappa shape index (κ2) is 12.2. The van der Waals surface area contributed by atoms with E-state index in [9.17, 15) is 19.7 Å². The number of carbonyl (C=O) groups is 2. The number of amides is 2. The smallest absolute Gasteiger partial charge is 0.293 e. The highest BCUT2D eigenvalue weighted by Gasteiger charge is 2.24. The molecule has 0 radical (unpaired) electrons. The molecule has 2 N–H and O–H groups in total. The maximum absolute atomic E-state index is 12.7. The Morgan fingerprint density at radius 2 is 1.63 bits per heavy atom. The number of furan rings is 1. The molecule has 0 saturated carbocycles. The first-order valence-electron chi connectivity index (χ1n) is 12.6. The van der Waals surface area contributed by atoms with Gasteiger partial charge in [0.05, 0.1) is 21.2 Å². The fourth-order valence-electron chi connectivity index (χ4n) is 4.53. The minimum absolute atomic E-state index is 0.0126. The van der Waals surface area contributed by atoms with Crippen LogP contribution in [0.25, 0.3) is 11.3 Å². The molecule has 5 rings (SSSR count). The molecule has 10 nitrogen and oxygen atoms in total. The summed E-state index contributed by atoms with van der Waals surface area (Å²) in [7, 11) is 0. The summed E-state index contributed by atoms with van der Waals surface area (Å²) >= 11 is 11.9. The Bertz CT molecular complexity index is 1620. The number of nitro benzene ring substituents is 1. The van der Waals surface area contributed by atoms with Crippen molar-refractivity contribution in [3.63, 3.8) is 0 Å². The van der Waals surface area contributed by atoms with Gasteiger partial charge in [0.1, 0.15) is 5.76 Å². The van der Waals surface area contributed by atoms with Crippen LogP contribution < -0.4 is 15.5 Å². The molecule has 1 aliphatic heterocycles. The van der Waals surface area contributed by atoms with Crippen molar-refractivity contribution in [1.29, 1.82) is 0 Å². The molecule has 1 aliphatic rings.